The number of anilines is 1. The first-order valence-electron chi connectivity index (χ1n) is 9.95. The number of ether oxygens (including phenoxy) is 1. The van der Waals surface area contributed by atoms with E-state index >= 15 is 0 Å². The van der Waals surface area contributed by atoms with Gasteiger partial charge in [-0.05, 0) is 35.9 Å². The van der Waals surface area contributed by atoms with E-state index in [-0.39, 0.29) is 23.7 Å². The first-order chi connectivity index (χ1) is 15.8. The summed E-state index contributed by atoms with van der Waals surface area (Å²) in [4.78, 5) is 13.2. The molecule has 170 valence electrons. The maximum absolute atomic E-state index is 14.5. The summed E-state index contributed by atoms with van der Waals surface area (Å²) in [7, 11) is -1.60. The number of nitrogens with zero attached hydrogens (tertiary/aromatic N) is 3. The highest BCUT2D eigenvalue weighted by Gasteiger charge is 2.18. The highest BCUT2D eigenvalue weighted by Crippen LogP contribution is 2.37. The van der Waals surface area contributed by atoms with Crippen molar-refractivity contribution in [2.75, 3.05) is 31.0 Å². The second-order valence-electron chi connectivity index (χ2n) is 7.34. The number of pyridine rings is 1. The fourth-order valence-electron chi connectivity index (χ4n) is 3.31. The van der Waals surface area contributed by atoms with Crippen molar-refractivity contribution in [2.45, 2.75) is 0 Å². The molecule has 0 radical (unpaired) electrons. The molecule has 0 saturated carbocycles. The Hall–Kier alpha value is -3.66. The van der Waals surface area contributed by atoms with Gasteiger partial charge in [0.05, 0.1) is 5.75 Å². The molecule has 2 aromatic heterocycles. The molecule has 0 aliphatic heterocycles. The summed E-state index contributed by atoms with van der Waals surface area (Å²) >= 11 is 0. The zero-order valence-electron chi connectivity index (χ0n) is 17.8. The van der Waals surface area contributed by atoms with Gasteiger partial charge in [0, 0.05) is 42.2 Å². The molecule has 0 atom stereocenters. The van der Waals surface area contributed by atoms with Crippen LogP contribution in [0.15, 0.2) is 54.9 Å². The van der Waals surface area contributed by atoms with Crippen LogP contribution < -0.4 is 10.1 Å². The molecule has 0 fully saturated rings. The zero-order valence-corrected chi connectivity index (χ0v) is 18.7. The van der Waals surface area contributed by atoms with E-state index in [9.17, 15) is 17.2 Å². The zero-order chi connectivity index (χ0) is 23.6. The number of hydrogen-bond donors (Lipinski definition) is 1. The van der Waals surface area contributed by atoms with E-state index in [4.69, 9.17) is 4.74 Å². The van der Waals surface area contributed by atoms with E-state index in [2.05, 4.69) is 20.3 Å². The lowest BCUT2D eigenvalue weighted by Gasteiger charge is -2.15. The monoisotopic (exact) mass is 470 g/mol. The van der Waals surface area contributed by atoms with Crippen molar-refractivity contribution in [3.05, 3.63) is 66.5 Å². The molecular formula is C23H20F2N4O3S. The number of fused-ring (bicyclic) bond motifs is 1. The predicted octanol–water partition coefficient (Wildman–Crippen LogP) is 4.10. The predicted molar refractivity (Wildman–Crippen MR) is 123 cm³/mol. The Bertz CT molecular complexity index is 1430. The smallest absolute Gasteiger partial charge is 0.166 e. The Morgan fingerprint density at radius 1 is 1.06 bits per heavy atom. The van der Waals surface area contributed by atoms with Gasteiger partial charge < -0.3 is 10.1 Å². The summed E-state index contributed by atoms with van der Waals surface area (Å²) in [6.45, 7) is -0.135. The molecule has 0 bridgehead atoms. The van der Waals surface area contributed by atoms with Gasteiger partial charge in [-0.2, -0.15) is 0 Å². The summed E-state index contributed by atoms with van der Waals surface area (Å²) in [5.41, 5.74) is 1.42. The van der Waals surface area contributed by atoms with Gasteiger partial charge in [-0.1, -0.05) is 12.1 Å². The first kappa shape index (κ1) is 22.5. The lowest BCUT2D eigenvalue weighted by molar-refractivity contribution is 0.344. The van der Waals surface area contributed by atoms with Crippen LogP contribution in [0.3, 0.4) is 0 Å². The summed E-state index contributed by atoms with van der Waals surface area (Å²) in [6, 6.07) is 10.6. The second-order valence-corrected chi connectivity index (χ2v) is 9.60. The van der Waals surface area contributed by atoms with Crippen LogP contribution in [0.2, 0.25) is 0 Å². The van der Waals surface area contributed by atoms with Gasteiger partial charge in [-0.3, -0.25) is 4.98 Å². The number of nitrogens with one attached hydrogen (secondary N) is 1. The molecular weight excluding hydrogens is 450 g/mol. The van der Waals surface area contributed by atoms with Gasteiger partial charge in [0.15, 0.2) is 27.3 Å². The third-order valence-corrected chi connectivity index (χ3v) is 5.80. The molecule has 0 saturated heterocycles. The minimum Gasteiger partial charge on any atom is -0.490 e. The minimum atomic E-state index is -3.27. The summed E-state index contributed by atoms with van der Waals surface area (Å²) in [6.07, 6.45) is 4.35. The molecule has 7 nitrogen and oxygen atoms in total. The number of benzene rings is 2. The second kappa shape index (κ2) is 9.07. The Labute approximate surface area is 189 Å². The third kappa shape index (κ3) is 4.90. The van der Waals surface area contributed by atoms with E-state index in [1.54, 1.807) is 37.6 Å². The van der Waals surface area contributed by atoms with Crippen LogP contribution in [0.5, 0.6) is 5.75 Å². The van der Waals surface area contributed by atoms with E-state index in [0.717, 1.165) is 12.3 Å². The number of halogens is 2. The van der Waals surface area contributed by atoms with Crippen LogP contribution in [0.1, 0.15) is 0 Å². The van der Waals surface area contributed by atoms with E-state index in [0.29, 0.717) is 33.7 Å². The van der Waals surface area contributed by atoms with Crippen molar-refractivity contribution >= 4 is 26.6 Å². The average molecular weight is 471 g/mol. The Kier molecular flexibility index (Phi) is 6.19. The van der Waals surface area contributed by atoms with Gasteiger partial charge in [-0.25, -0.2) is 27.2 Å². The van der Waals surface area contributed by atoms with Crippen LogP contribution in [0.4, 0.5) is 14.6 Å². The molecule has 1 N–H and O–H groups in total. The van der Waals surface area contributed by atoms with E-state index in [1.165, 1.54) is 18.2 Å². The number of rotatable bonds is 7. The van der Waals surface area contributed by atoms with Crippen LogP contribution in [0, 0.1) is 11.6 Å². The molecule has 2 heterocycles. The summed E-state index contributed by atoms with van der Waals surface area (Å²) in [5, 5.41) is 3.50. The molecule has 0 aliphatic rings. The standard InChI is InChI=1S/C23H20F2N4O3S/c1-26-23-17-11-15(16-6-3-7-18(24)20(16)25)12-19(32-9-10-33(2,30)31)21(17)28-22(29-23)14-5-4-8-27-13-14/h3-8,11-13H,9-10H2,1-2H3,(H,26,28,29). The van der Waals surface area contributed by atoms with Crippen molar-refractivity contribution in [1.82, 2.24) is 15.0 Å². The Morgan fingerprint density at radius 2 is 1.88 bits per heavy atom. The van der Waals surface area contributed by atoms with Crippen molar-refractivity contribution in [1.29, 1.82) is 0 Å². The summed E-state index contributed by atoms with van der Waals surface area (Å²) < 4.78 is 57.4. The van der Waals surface area contributed by atoms with Gasteiger partial charge in [-0.15, -0.1) is 0 Å². The van der Waals surface area contributed by atoms with Gasteiger partial charge in [0.1, 0.15) is 23.7 Å². The van der Waals surface area contributed by atoms with Crippen LogP contribution in [-0.4, -0.2) is 49.0 Å². The fraction of sp³-hybridized carbons (Fsp3) is 0.174. The number of hydrogen-bond acceptors (Lipinski definition) is 7. The molecule has 4 rings (SSSR count). The maximum atomic E-state index is 14.5. The Morgan fingerprint density at radius 3 is 2.58 bits per heavy atom. The first-order valence-corrected chi connectivity index (χ1v) is 12.0. The van der Waals surface area contributed by atoms with E-state index in [1.807, 2.05) is 0 Å². The molecule has 0 aliphatic carbocycles. The Balaban J connectivity index is 1.94. The fourth-order valence-corrected chi connectivity index (χ4v) is 3.70. The molecule has 10 heteroatoms. The molecule has 0 unspecified atom stereocenters. The van der Waals surface area contributed by atoms with Crippen LogP contribution in [-0.2, 0) is 9.84 Å². The van der Waals surface area contributed by atoms with Crippen molar-refractivity contribution in [3.8, 4) is 28.3 Å². The molecule has 4 aromatic rings. The van der Waals surface area contributed by atoms with Crippen LogP contribution in [0.25, 0.3) is 33.4 Å². The minimum absolute atomic E-state index is 0.0308. The lowest BCUT2D eigenvalue weighted by Crippen LogP contribution is -2.12. The van der Waals surface area contributed by atoms with Gasteiger partial charge >= 0.3 is 0 Å². The van der Waals surface area contributed by atoms with Crippen molar-refractivity contribution < 1.29 is 21.9 Å². The highest BCUT2D eigenvalue weighted by molar-refractivity contribution is 7.90. The SMILES string of the molecule is CNc1nc(-c2cccnc2)nc2c(OCCS(C)(=O)=O)cc(-c3cccc(F)c3F)cc12. The maximum Gasteiger partial charge on any atom is 0.166 e. The quantitative estimate of drug-likeness (QED) is 0.435. The molecule has 2 aromatic carbocycles. The van der Waals surface area contributed by atoms with Gasteiger partial charge in [0.25, 0.3) is 0 Å². The molecule has 0 amide bonds. The summed E-state index contributed by atoms with van der Waals surface area (Å²) in [5.74, 6) is -1.17. The number of aromatic nitrogens is 3. The van der Waals surface area contributed by atoms with Crippen molar-refractivity contribution in [2.24, 2.45) is 0 Å². The molecule has 0 spiro atoms. The van der Waals surface area contributed by atoms with Crippen LogP contribution >= 0.6 is 0 Å². The number of sulfone groups is 1. The topological polar surface area (TPSA) is 94.1 Å². The molecule has 33 heavy (non-hydrogen) atoms. The normalized spacial score (nSPS) is 11.5. The average Bonchev–Trinajstić information content (AvgIpc) is 2.80. The van der Waals surface area contributed by atoms with E-state index < -0.39 is 21.5 Å². The van der Waals surface area contributed by atoms with Gasteiger partial charge in [0.2, 0.25) is 0 Å². The highest BCUT2D eigenvalue weighted by atomic mass is 32.2. The largest absolute Gasteiger partial charge is 0.490 e. The lowest BCUT2D eigenvalue weighted by atomic mass is 10.0. The van der Waals surface area contributed by atoms with Crippen molar-refractivity contribution in [3.63, 3.8) is 0 Å². The third-order valence-electron chi connectivity index (χ3n) is 4.90.